The first kappa shape index (κ1) is 14.2. The van der Waals surface area contributed by atoms with Crippen LogP contribution in [-0.4, -0.2) is 28.3 Å². The van der Waals surface area contributed by atoms with Crippen molar-refractivity contribution in [3.05, 3.63) is 0 Å². The van der Waals surface area contributed by atoms with Crippen LogP contribution >= 0.6 is 0 Å². The molecule has 0 fully saturated rings. The van der Waals surface area contributed by atoms with Crippen molar-refractivity contribution in [3.8, 4) is 0 Å². The highest BCUT2D eigenvalue weighted by molar-refractivity contribution is 5.73. The summed E-state index contributed by atoms with van der Waals surface area (Å²) in [6.45, 7) is 3.76. The number of nitrogens with two attached hydrogens (primary N) is 2. The lowest BCUT2D eigenvalue weighted by atomic mass is 10.0. The van der Waals surface area contributed by atoms with Crippen LogP contribution in [0.2, 0.25) is 0 Å². The second-order valence-electron chi connectivity index (χ2n) is 2.59. The molecule has 78 valence electrons. The molecule has 0 unspecified atom stereocenters. The Labute approximate surface area is 76.5 Å². The molecule has 6 heteroatoms. The van der Waals surface area contributed by atoms with Crippen molar-refractivity contribution in [2.24, 2.45) is 17.4 Å². The van der Waals surface area contributed by atoms with E-state index >= 15 is 0 Å². The second kappa shape index (κ2) is 7.35. The van der Waals surface area contributed by atoms with Crippen LogP contribution in [0, 0.1) is 5.92 Å². The van der Waals surface area contributed by atoms with Gasteiger partial charge < -0.3 is 21.7 Å². The molecule has 0 rings (SSSR count). The van der Waals surface area contributed by atoms with Gasteiger partial charge in [0.2, 0.25) is 0 Å². The average Bonchev–Trinajstić information content (AvgIpc) is 2.00. The highest BCUT2D eigenvalue weighted by Gasteiger charge is 2.17. The molecule has 0 radical (unpaired) electrons. The Morgan fingerprint density at radius 3 is 1.77 bits per heavy atom. The van der Waals surface area contributed by atoms with Gasteiger partial charge in [-0.15, -0.1) is 0 Å². The van der Waals surface area contributed by atoms with Gasteiger partial charge in [-0.3, -0.25) is 4.79 Å². The number of rotatable bonds is 3. The van der Waals surface area contributed by atoms with Crippen LogP contribution in [0.4, 0.5) is 4.79 Å². The smallest absolute Gasteiger partial charge is 0.402 e. The van der Waals surface area contributed by atoms with Crippen LogP contribution in [0.3, 0.4) is 0 Å². The number of aliphatic carboxylic acids is 1. The quantitative estimate of drug-likeness (QED) is 0.503. The topological polar surface area (TPSA) is 127 Å². The monoisotopic (exact) mass is 192 g/mol. The largest absolute Gasteiger partial charge is 0.480 e. The van der Waals surface area contributed by atoms with E-state index in [2.05, 4.69) is 5.73 Å². The summed E-state index contributed by atoms with van der Waals surface area (Å²) in [5.41, 5.74) is 9.30. The number of carboxylic acids is 1. The molecule has 0 aromatic heterocycles. The van der Waals surface area contributed by atoms with E-state index < -0.39 is 18.1 Å². The number of carboxylic acid groups (broad SMARTS) is 2. The molecule has 0 aromatic carbocycles. The molecular formula is C7H16N2O4. The summed E-state index contributed by atoms with van der Waals surface area (Å²) >= 11 is 0. The van der Waals surface area contributed by atoms with E-state index in [1.54, 1.807) is 0 Å². The SMILES string of the molecule is CC[C@H](C)[C@H](N)C(=O)O.NC(=O)O. The zero-order valence-corrected chi connectivity index (χ0v) is 7.73. The molecule has 0 aliphatic carbocycles. The van der Waals surface area contributed by atoms with Crippen molar-refractivity contribution in [2.45, 2.75) is 26.3 Å². The molecule has 1 amide bonds. The van der Waals surface area contributed by atoms with Crippen molar-refractivity contribution in [1.29, 1.82) is 0 Å². The molecule has 0 saturated heterocycles. The Bertz CT molecular complexity index is 168. The van der Waals surface area contributed by atoms with Crippen molar-refractivity contribution < 1.29 is 19.8 Å². The molecule has 0 heterocycles. The molecule has 0 bridgehead atoms. The van der Waals surface area contributed by atoms with Gasteiger partial charge in [0, 0.05) is 0 Å². The van der Waals surface area contributed by atoms with Crippen LogP contribution in [0.1, 0.15) is 20.3 Å². The number of hydrogen-bond donors (Lipinski definition) is 4. The second-order valence-corrected chi connectivity index (χ2v) is 2.59. The summed E-state index contributed by atoms with van der Waals surface area (Å²) < 4.78 is 0. The minimum Gasteiger partial charge on any atom is -0.480 e. The van der Waals surface area contributed by atoms with Crippen LogP contribution in [0.15, 0.2) is 0 Å². The third kappa shape index (κ3) is 10.7. The Kier molecular flexibility index (Phi) is 8.05. The zero-order chi connectivity index (χ0) is 11.0. The van der Waals surface area contributed by atoms with Gasteiger partial charge >= 0.3 is 12.1 Å². The predicted octanol–water partition coefficient (Wildman–Crippen LogP) is 0.0675. The van der Waals surface area contributed by atoms with E-state index in [9.17, 15) is 4.79 Å². The summed E-state index contributed by atoms with van der Waals surface area (Å²) in [4.78, 5) is 19.0. The minimum absolute atomic E-state index is 0.0718. The van der Waals surface area contributed by atoms with Gasteiger partial charge in [-0.1, -0.05) is 20.3 Å². The highest BCUT2D eigenvalue weighted by atomic mass is 16.4. The lowest BCUT2D eigenvalue weighted by Gasteiger charge is -2.11. The van der Waals surface area contributed by atoms with E-state index in [-0.39, 0.29) is 5.92 Å². The maximum atomic E-state index is 10.2. The van der Waals surface area contributed by atoms with E-state index in [4.69, 9.17) is 20.7 Å². The average molecular weight is 192 g/mol. The van der Waals surface area contributed by atoms with E-state index in [0.717, 1.165) is 6.42 Å². The Morgan fingerprint density at radius 2 is 1.69 bits per heavy atom. The standard InChI is InChI=1S/C6H13NO2.CH3NO2/c1-3-4(2)5(7)6(8)9;2-1(3)4/h4-5H,3,7H2,1-2H3,(H,8,9);2H2,(H,3,4)/t4-,5-;/m0./s1. The molecule has 13 heavy (non-hydrogen) atoms. The lowest BCUT2D eigenvalue weighted by molar-refractivity contribution is -0.139. The molecular weight excluding hydrogens is 176 g/mol. The fraction of sp³-hybridized carbons (Fsp3) is 0.714. The van der Waals surface area contributed by atoms with Crippen molar-refractivity contribution >= 4 is 12.1 Å². The third-order valence-corrected chi connectivity index (χ3v) is 1.54. The maximum absolute atomic E-state index is 10.2. The van der Waals surface area contributed by atoms with Gasteiger partial charge in [-0.25, -0.2) is 4.79 Å². The zero-order valence-electron chi connectivity index (χ0n) is 7.73. The van der Waals surface area contributed by atoms with Gasteiger partial charge in [0.1, 0.15) is 6.04 Å². The van der Waals surface area contributed by atoms with Gasteiger partial charge in [-0.2, -0.15) is 0 Å². The molecule has 0 aromatic rings. The minimum atomic E-state index is -1.33. The molecule has 0 aliphatic rings. The molecule has 0 saturated carbocycles. The Balaban J connectivity index is 0. The van der Waals surface area contributed by atoms with Crippen molar-refractivity contribution in [3.63, 3.8) is 0 Å². The van der Waals surface area contributed by atoms with Gasteiger partial charge in [-0.05, 0) is 5.92 Å². The summed E-state index contributed by atoms with van der Waals surface area (Å²) in [7, 11) is 0. The van der Waals surface area contributed by atoms with E-state index in [1.807, 2.05) is 13.8 Å². The highest BCUT2D eigenvalue weighted by Crippen LogP contribution is 2.04. The van der Waals surface area contributed by atoms with E-state index in [0.29, 0.717) is 0 Å². The lowest BCUT2D eigenvalue weighted by Crippen LogP contribution is -2.36. The predicted molar refractivity (Wildman–Crippen MR) is 47.3 cm³/mol. The molecule has 0 spiro atoms. The maximum Gasteiger partial charge on any atom is 0.402 e. The normalized spacial score (nSPS) is 13.5. The van der Waals surface area contributed by atoms with E-state index in [1.165, 1.54) is 0 Å². The summed E-state index contributed by atoms with van der Waals surface area (Å²) in [5.74, 6) is -0.841. The van der Waals surface area contributed by atoms with Crippen LogP contribution in [-0.2, 0) is 4.79 Å². The number of hydrogen-bond acceptors (Lipinski definition) is 3. The van der Waals surface area contributed by atoms with Crippen molar-refractivity contribution in [1.82, 2.24) is 0 Å². The molecule has 0 aliphatic heterocycles. The van der Waals surface area contributed by atoms with Gasteiger partial charge in [0.05, 0.1) is 0 Å². The van der Waals surface area contributed by atoms with Crippen molar-refractivity contribution in [2.75, 3.05) is 0 Å². The van der Waals surface area contributed by atoms with Gasteiger partial charge in [0.15, 0.2) is 0 Å². The summed E-state index contributed by atoms with van der Waals surface area (Å²) in [6.07, 6.45) is -0.520. The first-order valence-corrected chi connectivity index (χ1v) is 3.79. The number of carbonyl (C=O) groups is 2. The van der Waals surface area contributed by atoms with Crippen LogP contribution in [0.5, 0.6) is 0 Å². The molecule has 6 N–H and O–H groups in total. The van der Waals surface area contributed by atoms with Crippen LogP contribution in [0.25, 0.3) is 0 Å². The molecule has 2 atom stereocenters. The fourth-order valence-electron chi connectivity index (χ4n) is 0.497. The fourth-order valence-corrected chi connectivity index (χ4v) is 0.497. The first-order valence-electron chi connectivity index (χ1n) is 3.79. The number of amides is 1. The third-order valence-electron chi connectivity index (χ3n) is 1.54. The number of primary amides is 1. The van der Waals surface area contributed by atoms with Gasteiger partial charge in [0.25, 0.3) is 0 Å². The summed E-state index contributed by atoms with van der Waals surface area (Å²) in [6, 6.07) is -0.699. The Hall–Kier alpha value is -1.30. The summed E-state index contributed by atoms with van der Waals surface area (Å²) in [5, 5.41) is 15.6. The van der Waals surface area contributed by atoms with Crippen LogP contribution < -0.4 is 11.5 Å². The Morgan fingerprint density at radius 1 is 1.38 bits per heavy atom. The first-order chi connectivity index (χ1) is 5.82. The molecule has 6 nitrogen and oxygen atoms in total.